The van der Waals surface area contributed by atoms with Crippen LogP contribution in [0.15, 0.2) is 36.4 Å². The predicted octanol–water partition coefficient (Wildman–Crippen LogP) is 5.71. The van der Waals surface area contributed by atoms with Crippen LogP contribution in [0.25, 0.3) is 0 Å². The highest BCUT2D eigenvalue weighted by atomic mass is 35.5. The van der Waals surface area contributed by atoms with E-state index in [0.29, 0.717) is 32.1 Å². The highest BCUT2D eigenvalue weighted by Gasteiger charge is 2.08. The molecule has 0 bridgehead atoms. The molecule has 0 amide bonds. The number of hydrogen-bond acceptors (Lipinski definition) is 2. The Kier molecular flexibility index (Phi) is 5.98. The summed E-state index contributed by atoms with van der Waals surface area (Å²) < 4.78 is 28.7. The van der Waals surface area contributed by atoms with Crippen molar-refractivity contribution in [1.82, 2.24) is 0 Å². The van der Waals surface area contributed by atoms with Crippen molar-refractivity contribution < 1.29 is 13.5 Å². The Balaban J connectivity index is 2.07. The zero-order chi connectivity index (χ0) is 17.0. The van der Waals surface area contributed by atoms with E-state index in [1.807, 2.05) is 0 Å². The van der Waals surface area contributed by atoms with Gasteiger partial charge in [-0.1, -0.05) is 23.2 Å². The number of thiocarbonyl (C=S) groups is 1. The molecule has 0 aromatic heterocycles. The van der Waals surface area contributed by atoms with E-state index in [9.17, 15) is 8.78 Å². The number of aryl methyl sites for hydroxylation is 1. The van der Waals surface area contributed by atoms with E-state index in [1.165, 1.54) is 12.1 Å². The summed E-state index contributed by atoms with van der Waals surface area (Å²) in [6.07, 6.45) is 0. The summed E-state index contributed by atoms with van der Waals surface area (Å²) in [4.78, 5) is 0. The highest BCUT2D eigenvalue weighted by molar-refractivity contribution is 7.80. The average Bonchev–Trinajstić information content (AvgIpc) is 2.45. The lowest BCUT2D eigenvalue weighted by Crippen LogP contribution is -2.19. The molecule has 0 aliphatic heterocycles. The number of hydrogen-bond donors (Lipinski definition) is 2. The molecule has 2 aromatic carbocycles. The molecule has 0 aliphatic rings. The Bertz CT molecular complexity index is 729. The van der Waals surface area contributed by atoms with Crippen molar-refractivity contribution in [1.29, 1.82) is 0 Å². The molecule has 2 rings (SSSR count). The van der Waals surface area contributed by atoms with Crippen molar-refractivity contribution in [2.45, 2.75) is 13.5 Å². The summed E-state index contributed by atoms with van der Waals surface area (Å²) in [5.41, 5.74) is 1.92. The topological polar surface area (TPSA) is 33.3 Å². The van der Waals surface area contributed by atoms with Gasteiger partial charge >= 0.3 is 6.61 Å². The number of anilines is 2. The summed E-state index contributed by atoms with van der Waals surface area (Å²) in [5.74, 6) is 0.0832. The predicted molar refractivity (Wildman–Crippen MR) is 94.1 cm³/mol. The van der Waals surface area contributed by atoms with Crippen LogP contribution >= 0.6 is 35.4 Å². The molecule has 0 aliphatic carbocycles. The van der Waals surface area contributed by atoms with Crippen LogP contribution in [0.5, 0.6) is 5.75 Å². The van der Waals surface area contributed by atoms with E-state index in [4.69, 9.17) is 35.4 Å². The maximum Gasteiger partial charge on any atom is 0.387 e. The molecular formula is C15H12Cl2F2N2OS. The van der Waals surface area contributed by atoms with Crippen LogP contribution in [-0.2, 0) is 0 Å². The molecule has 0 spiro atoms. The first-order chi connectivity index (χ1) is 10.8. The molecule has 0 atom stereocenters. The highest BCUT2D eigenvalue weighted by Crippen LogP contribution is 2.26. The first-order valence-electron chi connectivity index (χ1n) is 6.43. The maximum absolute atomic E-state index is 12.2. The summed E-state index contributed by atoms with van der Waals surface area (Å²) >= 11 is 17.2. The standard InChI is InChI=1S/C15H12Cl2F2N2OS/c1-8-6-10(22-14(18)19)3-5-12(8)20-15(23)21-13-7-9(16)2-4-11(13)17/h2-7,14H,1H3,(H2,20,21,23). The quantitative estimate of drug-likeness (QED) is 0.669. The van der Waals surface area contributed by atoms with Gasteiger partial charge in [-0.25, -0.2) is 0 Å². The fourth-order valence-electron chi connectivity index (χ4n) is 1.82. The molecular weight excluding hydrogens is 365 g/mol. The largest absolute Gasteiger partial charge is 0.435 e. The molecule has 0 heterocycles. The van der Waals surface area contributed by atoms with Gasteiger partial charge in [0.15, 0.2) is 5.11 Å². The maximum atomic E-state index is 12.2. The number of halogens is 4. The van der Waals surface area contributed by atoms with Gasteiger partial charge in [-0.2, -0.15) is 8.78 Å². The number of benzene rings is 2. The Labute approximate surface area is 147 Å². The molecule has 0 saturated carbocycles. The number of rotatable bonds is 4. The van der Waals surface area contributed by atoms with Gasteiger partial charge in [-0.05, 0) is 61.1 Å². The van der Waals surface area contributed by atoms with E-state index in [2.05, 4.69) is 15.4 Å². The lowest BCUT2D eigenvalue weighted by Gasteiger charge is -2.14. The first-order valence-corrected chi connectivity index (χ1v) is 7.60. The number of alkyl halides is 2. The Hall–Kier alpha value is -1.63. The molecule has 0 radical (unpaired) electrons. The lowest BCUT2D eigenvalue weighted by atomic mass is 10.2. The van der Waals surface area contributed by atoms with Crippen LogP contribution in [0.2, 0.25) is 10.0 Å². The van der Waals surface area contributed by atoms with Crippen molar-refractivity contribution in [2.24, 2.45) is 0 Å². The van der Waals surface area contributed by atoms with Gasteiger partial charge in [0.1, 0.15) is 5.75 Å². The van der Waals surface area contributed by atoms with Gasteiger partial charge in [0, 0.05) is 10.7 Å². The SMILES string of the molecule is Cc1cc(OC(F)F)ccc1NC(=S)Nc1cc(Cl)ccc1Cl. The summed E-state index contributed by atoms with van der Waals surface area (Å²) in [7, 11) is 0. The van der Waals surface area contributed by atoms with Crippen LogP contribution < -0.4 is 15.4 Å². The lowest BCUT2D eigenvalue weighted by molar-refractivity contribution is -0.0498. The van der Waals surface area contributed by atoms with Gasteiger partial charge in [0.2, 0.25) is 0 Å². The molecule has 8 heteroatoms. The fourth-order valence-corrected chi connectivity index (χ4v) is 2.38. The zero-order valence-corrected chi connectivity index (χ0v) is 14.2. The van der Waals surface area contributed by atoms with Crippen molar-refractivity contribution in [3.63, 3.8) is 0 Å². The fraction of sp³-hybridized carbons (Fsp3) is 0.133. The third kappa shape index (κ3) is 5.20. The van der Waals surface area contributed by atoms with Crippen LogP contribution in [-0.4, -0.2) is 11.7 Å². The minimum absolute atomic E-state index is 0.0832. The molecule has 122 valence electrons. The Morgan fingerprint density at radius 2 is 1.78 bits per heavy atom. The summed E-state index contributed by atoms with van der Waals surface area (Å²) in [5, 5.41) is 7.17. The smallest absolute Gasteiger partial charge is 0.387 e. The molecule has 2 N–H and O–H groups in total. The van der Waals surface area contributed by atoms with Gasteiger partial charge in [-0.3, -0.25) is 0 Å². The van der Waals surface area contributed by atoms with Crippen molar-refractivity contribution in [2.75, 3.05) is 10.6 Å². The van der Waals surface area contributed by atoms with Crippen molar-refractivity contribution >= 4 is 51.9 Å². The summed E-state index contributed by atoms with van der Waals surface area (Å²) in [6, 6.07) is 9.47. The van der Waals surface area contributed by atoms with Crippen LogP contribution in [0, 0.1) is 6.92 Å². The second kappa shape index (κ2) is 7.77. The monoisotopic (exact) mass is 376 g/mol. The second-order valence-electron chi connectivity index (χ2n) is 4.56. The minimum Gasteiger partial charge on any atom is -0.435 e. The number of nitrogens with one attached hydrogen (secondary N) is 2. The molecule has 2 aromatic rings. The molecule has 23 heavy (non-hydrogen) atoms. The number of ether oxygens (including phenoxy) is 1. The van der Waals surface area contributed by atoms with Gasteiger partial charge < -0.3 is 15.4 Å². The van der Waals surface area contributed by atoms with E-state index < -0.39 is 6.61 Å². The molecule has 3 nitrogen and oxygen atoms in total. The molecule has 0 saturated heterocycles. The first kappa shape index (κ1) is 17.7. The van der Waals surface area contributed by atoms with Crippen molar-refractivity contribution in [3.8, 4) is 5.75 Å². The average molecular weight is 377 g/mol. The Morgan fingerprint density at radius 3 is 2.43 bits per heavy atom. The van der Waals surface area contributed by atoms with Gasteiger partial charge in [-0.15, -0.1) is 0 Å². The third-order valence-electron chi connectivity index (χ3n) is 2.85. The molecule has 0 unspecified atom stereocenters. The molecule has 0 fully saturated rings. The van der Waals surface area contributed by atoms with Crippen LogP contribution in [0.3, 0.4) is 0 Å². The van der Waals surface area contributed by atoms with E-state index in [1.54, 1.807) is 31.2 Å². The minimum atomic E-state index is -2.86. The van der Waals surface area contributed by atoms with Crippen LogP contribution in [0.1, 0.15) is 5.56 Å². The van der Waals surface area contributed by atoms with Gasteiger partial charge in [0.05, 0.1) is 10.7 Å². The van der Waals surface area contributed by atoms with Crippen LogP contribution in [0.4, 0.5) is 20.2 Å². The van der Waals surface area contributed by atoms with E-state index in [-0.39, 0.29) is 5.75 Å². The van der Waals surface area contributed by atoms with Crippen molar-refractivity contribution in [3.05, 3.63) is 52.0 Å². The third-order valence-corrected chi connectivity index (χ3v) is 3.62. The van der Waals surface area contributed by atoms with E-state index >= 15 is 0 Å². The zero-order valence-electron chi connectivity index (χ0n) is 11.9. The normalized spacial score (nSPS) is 10.5. The Morgan fingerprint density at radius 1 is 1.09 bits per heavy atom. The second-order valence-corrected chi connectivity index (χ2v) is 5.81. The summed E-state index contributed by atoms with van der Waals surface area (Å²) in [6.45, 7) is -1.11. The van der Waals surface area contributed by atoms with Gasteiger partial charge in [0.25, 0.3) is 0 Å². The van der Waals surface area contributed by atoms with E-state index in [0.717, 1.165) is 0 Å².